The van der Waals surface area contributed by atoms with Gasteiger partial charge in [-0.3, -0.25) is 4.40 Å². The van der Waals surface area contributed by atoms with Crippen LogP contribution in [0.2, 0.25) is 0 Å². The highest BCUT2D eigenvalue weighted by Gasteiger charge is 2.26. The van der Waals surface area contributed by atoms with Crippen molar-refractivity contribution in [2.45, 2.75) is 57.8 Å². The molecule has 0 saturated heterocycles. The summed E-state index contributed by atoms with van der Waals surface area (Å²) < 4.78 is 50.3. The van der Waals surface area contributed by atoms with Crippen LogP contribution in [0.3, 0.4) is 0 Å². The maximum absolute atomic E-state index is 14.6. The van der Waals surface area contributed by atoms with Crippen molar-refractivity contribution < 1.29 is 17.9 Å². The van der Waals surface area contributed by atoms with E-state index in [1.54, 1.807) is 22.7 Å². The first kappa shape index (κ1) is 19.5. The molecule has 0 amide bonds. The number of hydrogen-bond acceptors (Lipinski definition) is 4. The van der Waals surface area contributed by atoms with E-state index in [-0.39, 0.29) is 17.6 Å². The van der Waals surface area contributed by atoms with Crippen LogP contribution in [0.5, 0.6) is 5.75 Å². The lowest BCUT2D eigenvalue weighted by Crippen LogP contribution is -2.34. The smallest absolute Gasteiger partial charge is 0.168 e. The number of pyridine rings is 2. The van der Waals surface area contributed by atoms with Gasteiger partial charge >= 0.3 is 0 Å². The van der Waals surface area contributed by atoms with E-state index in [4.69, 9.17) is 4.74 Å². The molecule has 0 aromatic carbocycles. The van der Waals surface area contributed by atoms with Crippen LogP contribution in [0.4, 0.5) is 19.0 Å². The monoisotopic (exact) mass is 404 g/mol. The fraction of sp³-hybridized carbons (Fsp3) is 0.429. The third-order valence-corrected chi connectivity index (χ3v) is 5.03. The van der Waals surface area contributed by atoms with Crippen LogP contribution in [0.25, 0.3) is 17.0 Å². The highest BCUT2D eigenvalue weighted by Crippen LogP contribution is 2.29. The quantitative estimate of drug-likeness (QED) is 0.639. The summed E-state index contributed by atoms with van der Waals surface area (Å²) >= 11 is 0. The number of halogens is 3. The lowest BCUT2D eigenvalue weighted by Gasteiger charge is -2.27. The fourth-order valence-corrected chi connectivity index (χ4v) is 3.65. The highest BCUT2D eigenvalue weighted by molar-refractivity contribution is 5.63. The summed E-state index contributed by atoms with van der Waals surface area (Å²) in [5.41, 5.74) is 0.872. The lowest BCUT2D eigenvalue weighted by atomic mass is 9.93. The maximum atomic E-state index is 14.6. The second kappa shape index (κ2) is 7.93. The normalized spacial score (nSPS) is 19.7. The van der Waals surface area contributed by atoms with Crippen LogP contribution in [0, 0.1) is 11.6 Å². The summed E-state index contributed by atoms with van der Waals surface area (Å²) in [5.74, 6) is -1.15. The Morgan fingerprint density at radius 1 is 1.17 bits per heavy atom. The summed E-state index contributed by atoms with van der Waals surface area (Å²) in [5, 5.41) is 2.83. The van der Waals surface area contributed by atoms with Crippen LogP contribution in [0.15, 0.2) is 30.6 Å². The van der Waals surface area contributed by atoms with E-state index in [0.29, 0.717) is 29.9 Å². The molecule has 4 rings (SSSR count). The zero-order valence-electron chi connectivity index (χ0n) is 16.3. The number of nitrogens with one attached hydrogen (secondary N) is 1. The minimum absolute atomic E-state index is 0.0100. The second-order valence-electron chi connectivity index (χ2n) is 7.60. The first-order valence-electron chi connectivity index (χ1n) is 9.83. The van der Waals surface area contributed by atoms with Gasteiger partial charge in [-0.1, -0.05) is 12.8 Å². The van der Waals surface area contributed by atoms with E-state index in [1.165, 1.54) is 6.20 Å². The topological polar surface area (TPSA) is 51.5 Å². The van der Waals surface area contributed by atoms with Crippen LogP contribution in [-0.2, 0) is 0 Å². The van der Waals surface area contributed by atoms with Gasteiger partial charge in [0.05, 0.1) is 24.0 Å². The van der Waals surface area contributed by atoms with E-state index in [9.17, 15) is 13.2 Å². The zero-order valence-corrected chi connectivity index (χ0v) is 16.3. The minimum atomic E-state index is -1.08. The number of hydrogen-bond donors (Lipinski definition) is 1. The van der Waals surface area contributed by atoms with Gasteiger partial charge in [-0.2, -0.15) is 0 Å². The van der Waals surface area contributed by atoms with Crippen molar-refractivity contribution in [3.63, 3.8) is 0 Å². The number of fused-ring (bicyclic) bond motifs is 1. The molecule has 0 unspecified atom stereocenters. The van der Waals surface area contributed by atoms with Crippen molar-refractivity contribution in [1.82, 2.24) is 14.4 Å². The molecule has 3 aromatic rings. The summed E-state index contributed by atoms with van der Waals surface area (Å²) in [7, 11) is 0. The van der Waals surface area contributed by atoms with Crippen molar-refractivity contribution in [2.75, 3.05) is 5.32 Å². The molecule has 0 radical (unpaired) electrons. The Balaban J connectivity index is 1.69. The van der Waals surface area contributed by atoms with Gasteiger partial charge in [0.25, 0.3) is 0 Å². The molecule has 3 heterocycles. The molecular weight excluding hydrogens is 381 g/mol. The van der Waals surface area contributed by atoms with Crippen molar-refractivity contribution in [1.29, 1.82) is 0 Å². The number of imidazole rings is 1. The number of alkyl halides is 1. The van der Waals surface area contributed by atoms with Crippen LogP contribution >= 0.6 is 0 Å². The van der Waals surface area contributed by atoms with E-state index < -0.39 is 23.8 Å². The van der Waals surface area contributed by atoms with E-state index in [2.05, 4.69) is 15.3 Å². The molecule has 154 valence electrons. The SMILES string of the molecule is CC(C)Oc1ccn2c(-c3nc(N[C@H]4CCCC[C@@H]4F)c(F)cc3F)cnc2c1. The van der Waals surface area contributed by atoms with Gasteiger partial charge in [-0.15, -0.1) is 0 Å². The zero-order chi connectivity index (χ0) is 20.5. The Morgan fingerprint density at radius 2 is 1.97 bits per heavy atom. The van der Waals surface area contributed by atoms with Gasteiger partial charge < -0.3 is 10.1 Å². The van der Waals surface area contributed by atoms with Crippen LogP contribution < -0.4 is 10.1 Å². The predicted molar refractivity (Wildman–Crippen MR) is 105 cm³/mol. The number of rotatable bonds is 5. The van der Waals surface area contributed by atoms with Gasteiger partial charge in [-0.25, -0.2) is 23.1 Å². The Labute approximate surface area is 166 Å². The number of anilines is 1. The largest absolute Gasteiger partial charge is 0.491 e. The average molecular weight is 404 g/mol. The average Bonchev–Trinajstić information content (AvgIpc) is 3.08. The van der Waals surface area contributed by atoms with Crippen LogP contribution in [-0.4, -0.2) is 32.7 Å². The third-order valence-electron chi connectivity index (χ3n) is 5.03. The number of nitrogens with zero attached hydrogens (tertiary/aromatic N) is 3. The van der Waals surface area contributed by atoms with Crippen molar-refractivity contribution in [2.24, 2.45) is 0 Å². The molecule has 8 heteroatoms. The molecule has 1 fully saturated rings. The fourth-order valence-electron chi connectivity index (χ4n) is 3.65. The Hall–Kier alpha value is -2.77. The molecule has 2 atom stereocenters. The lowest BCUT2D eigenvalue weighted by molar-refractivity contribution is 0.229. The van der Waals surface area contributed by atoms with E-state index >= 15 is 0 Å². The second-order valence-corrected chi connectivity index (χ2v) is 7.60. The van der Waals surface area contributed by atoms with Crippen molar-refractivity contribution >= 4 is 11.5 Å². The van der Waals surface area contributed by atoms with E-state index in [0.717, 1.165) is 18.9 Å². The molecule has 1 saturated carbocycles. The molecule has 29 heavy (non-hydrogen) atoms. The molecule has 0 bridgehead atoms. The highest BCUT2D eigenvalue weighted by atomic mass is 19.1. The first-order chi connectivity index (χ1) is 13.9. The van der Waals surface area contributed by atoms with Gasteiger partial charge in [0.2, 0.25) is 0 Å². The molecule has 0 spiro atoms. The van der Waals surface area contributed by atoms with Gasteiger partial charge in [0.1, 0.15) is 23.3 Å². The molecule has 1 aliphatic rings. The van der Waals surface area contributed by atoms with Crippen molar-refractivity contribution in [3.8, 4) is 17.1 Å². The number of aromatic nitrogens is 3. The summed E-state index contributed by atoms with van der Waals surface area (Å²) in [6, 6.07) is 3.73. The van der Waals surface area contributed by atoms with Crippen molar-refractivity contribution in [3.05, 3.63) is 42.2 Å². The molecule has 1 N–H and O–H groups in total. The van der Waals surface area contributed by atoms with Gasteiger partial charge in [0, 0.05) is 18.3 Å². The summed E-state index contributed by atoms with van der Waals surface area (Å²) in [6.07, 6.45) is 4.80. The molecule has 5 nitrogen and oxygen atoms in total. The molecule has 3 aromatic heterocycles. The maximum Gasteiger partial charge on any atom is 0.168 e. The first-order valence-corrected chi connectivity index (χ1v) is 9.83. The van der Waals surface area contributed by atoms with E-state index in [1.807, 2.05) is 13.8 Å². The summed E-state index contributed by atoms with van der Waals surface area (Å²) in [6.45, 7) is 3.84. The molecular formula is C21H23F3N4O. The van der Waals surface area contributed by atoms with Crippen LogP contribution in [0.1, 0.15) is 39.5 Å². The Bertz CT molecular complexity index is 1020. The third kappa shape index (κ3) is 4.02. The Kier molecular flexibility index (Phi) is 5.34. The minimum Gasteiger partial charge on any atom is -0.491 e. The summed E-state index contributed by atoms with van der Waals surface area (Å²) in [4.78, 5) is 8.43. The number of ether oxygens (including phenoxy) is 1. The molecule has 1 aliphatic carbocycles. The predicted octanol–water partition coefficient (Wildman–Crippen LogP) is 5.15. The molecule has 0 aliphatic heterocycles. The Morgan fingerprint density at radius 3 is 2.72 bits per heavy atom. The van der Waals surface area contributed by atoms with Gasteiger partial charge in [0.15, 0.2) is 17.5 Å². The standard InChI is InChI=1S/C21H23F3N4O/c1-12(2)29-13-7-8-28-18(11-25-19(28)9-13)20-15(23)10-16(24)21(27-20)26-17-6-4-3-5-14(17)22/h7-12,14,17H,3-6H2,1-2H3,(H,26,27)/t14-,17-/m0/s1. The van der Waals surface area contributed by atoms with Gasteiger partial charge in [-0.05, 0) is 32.8 Å².